The number of nitrogens with zero attached hydrogens (tertiary/aromatic N) is 1. The van der Waals surface area contributed by atoms with Crippen LogP contribution in [0.15, 0.2) is 24.3 Å². The van der Waals surface area contributed by atoms with Crippen LogP contribution < -0.4 is 29.0 Å². The highest BCUT2D eigenvalue weighted by molar-refractivity contribution is 8.00. The summed E-state index contributed by atoms with van der Waals surface area (Å²) in [5, 5.41) is 14.3. The maximum Gasteiger partial charge on any atom is 0.345 e. The number of anilines is 1. The van der Waals surface area contributed by atoms with Crippen LogP contribution in [0.1, 0.15) is 80.4 Å². The monoisotopic (exact) mass is 576 g/mol. The Bertz CT molecular complexity index is 1090. The zero-order valence-corrected chi connectivity index (χ0v) is 25.4. The van der Waals surface area contributed by atoms with Gasteiger partial charge in [-0.05, 0) is 61.1 Å². The van der Waals surface area contributed by atoms with Crippen LogP contribution in [0.2, 0.25) is 0 Å². The second-order valence-electron chi connectivity index (χ2n) is 9.71. The van der Waals surface area contributed by atoms with Crippen molar-refractivity contribution in [3.05, 3.63) is 35.4 Å². The number of urea groups is 1. The number of ether oxygens (including phenoxy) is 5. The van der Waals surface area contributed by atoms with Crippen LogP contribution in [0.3, 0.4) is 0 Å². The number of benzene rings is 2. The summed E-state index contributed by atoms with van der Waals surface area (Å²) in [4.78, 5) is 12.9. The van der Waals surface area contributed by atoms with E-state index in [4.69, 9.17) is 23.7 Å². The van der Waals surface area contributed by atoms with Gasteiger partial charge in [0.15, 0.2) is 23.0 Å². The first-order valence-electron chi connectivity index (χ1n) is 14.0. The zero-order valence-electron chi connectivity index (χ0n) is 24.6. The van der Waals surface area contributed by atoms with Gasteiger partial charge in [0.1, 0.15) is 0 Å². The number of thioether (sulfide) groups is 1. The van der Waals surface area contributed by atoms with E-state index < -0.39 is 6.03 Å². The number of hydrogen-bond donors (Lipinski definition) is 2. The van der Waals surface area contributed by atoms with Crippen molar-refractivity contribution in [2.45, 2.75) is 69.3 Å². The SMILES string of the molecule is CCCCCCN(O)C(=O)Nc1cc(C2CCC(c3cc(OC)c(OC)c(OC)c3)S2)cc(OC)c1OCCC. The van der Waals surface area contributed by atoms with E-state index >= 15 is 0 Å². The van der Waals surface area contributed by atoms with Crippen LogP contribution in [0.4, 0.5) is 10.5 Å². The van der Waals surface area contributed by atoms with Crippen LogP contribution in [-0.4, -0.2) is 57.9 Å². The second-order valence-corrected chi connectivity index (χ2v) is 11.1. The molecule has 0 radical (unpaired) electrons. The molecule has 0 aliphatic carbocycles. The van der Waals surface area contributed by atoms with Crippen molar-refractivity contribution in [3.63, 3.8) is 0 Å². The Morgan fingerprint density at radius 1 is 0.850 bits per heavy atom. The second kappa shape index (κ2) is 15.7. The lowest BCUT2D eigenvalue weighted by molar-refractivity contribution is -0.0382. The van der Waals surface area contributed by atoms with E-state index in [1.54, 1.807) is 28.4 Å². The number of hydrogen-bond acceptors (Lipinski definition) is 8. The van der Waals surface area contributed by atoms with Gasteiger partial charge in [-0.25, -0.2) is 9.86 Å². The Kier molecular flexibility index (Phi) is 12.4. The molecule has 2 unspecified atom stereocenters. The Morgan fingerprint density at radius 2 is 1.43 bits per heavy atom. The normalized spacial score (nSPS) is 16.4. The predicted molar refractivity (Wildman–Crippen MR) is 159 cm³/mol. The number of carbonyl (C=O) groups excluding carboxylic acids is 1. The molecule has 10 heteroatoms. The Balaban J connectivity index is 1.85. The molecule has 0 aromatic heterocycles. The Morgan fingerprint density at radius 3 is 1.95 bits per heavy atom. The Labute approximate surface area is 242 Å². The molecule has 0 saturated carbocycles. The molecule has 1 heterocycles. The molecule has 2 atom stereocenters. The molecule has 0 spiro atoms. The fourth-order valence-corrected chi connectivity index (χ4v) is 6.32. The van der Waals surface area contributed by atoms with Crippen molar-refractivity contribution in [1.29, 1.82) is 0 Å². The topological polar surface area (TPSA) is 98.7 Å². The van der Waals surface area contributed by atoms with E-state index in [0.29, 0.717) is 41.0 Å². The van der Waals surface area contributed by atoms with Crippen LogP contribution in [0.5, 0.6) is 28.7 Å². The molecular formula is C30H44N2O7S. The lowest BCUT2D eigenvalue weighted by Gasteiger charge is -2.22. The van der Waals surface area contributed by atoms with Crippen LogP contribution in [0.25, 0.3) is 0 Å². The van der Waals surface area contributed by atoms with Crippen LogP contribution in [-0.2, 0) is 0 Å². The summed E-state index contributed by atoms with van der Waals surface area (Å²) in [6.45, 7) is 4.88. The first-order chi connectivity index (χ1) is 19.4. The van der Waals surface area contributed by atoms with Crippen LogP contribution >= 0.6 is 11.8 Å². The smallest absolute Gasteiger partial charge is 0.345 e. The van der Waals surface area contributed by atoms with Gasteiger partial charge in [-0.1, -0.05) is 33.1 Å². The molecule has 2 amide bonds. The first kappa shape index (κ1) is 31.5. The maximum absolute atomic E-state index is 12.9. The van der Waals surface area contributed by atoms with E-state index in [-0.39, 0.29) is 17.0 Å². The number of nitrogens with one attached hydrogen (secondary N) is 1. The molecule has 1 aliphatic heterocycles. The zero-order chi connectivity index (χ0) is 29.1. The van der Waals surface area contributed by atoms with Crippen molar-refractivity contribution < 1.29 is 33.7 Å². The molecule has 3 rings (SSSR count). The van der Waals surface area contributed by atoms with Crippen molar-refractivity contribution >= 4 is 23.5 Å². The largest absolute Gasteiger partial charge is 0.493 e. The summed E-state index contributed by atoms with van der Waals surface area (Å²) in [7, 11) is 6.43. The van der Waals surface area contributed by atoms with Gasteiger partial charge in [-0.2, -0.15) is 0 Å². The minimum atomic E-state index is -0.591. The number of carbonyl (C=O) groups is 1. The molecule has 222 valence electrons. The average molecular weight is 577 g/mol. The van der Waals surface area contributed by atoms with Gasteiger partial charge in [0.2, 0.25) is 5.75 Å². The van der Waals surface area contributed by atoms with E-state index in [2.05, 4.69) is 12.2 Å². The van der Waals surface area contributed by atoms with Gasteiger partial charge < -0.3 is 29.0 Å². The fourth-order valence-electron chi connectivity index (χ4n) is 4.79. The minimum absolute atomic E-state index is 0.160. The third-order valence-corrected chi connectivity index (χ3v) is 8.57. The lowest BCUT2D eigenvalue weighted by Crippen LogP contribution is -2.33. The summed E-state index contributed by atoms with van der Waals surface area (Å²) >= 11 is 1.84. The van der Waals surface area contributed by atoms with E-state index in [1.807, 2.05) is 43.0 Å². The molecular weight excluding hydrogens is 532 g/mol. The highest BCUT2D eigenvalue weighted by Crippen LogP contribution is 2.56. The molecule has 0 bridgehead atoms. The van der Waals surface area contributed by atoms with Gasteiger partial charge >= 0.3 is 6.03 Å². The third-order valence-electron chi connectivity index (χ3n) is 6.90. The van der Waals surface area contributed by atoms with E-state index in [1.165, 1.54) is 0 Å². The molecule has 9 nitrogen and oxygen atoms in total. The summed E-state index contributed by atoms with van der Waals surface area (Å²) in [6.07, 6.45) is 6.54. The lowest BCUT2D eigenvalue weighted by atomic mass is 10.0. The summed E-state index contributed by atoms with van der Waals surface area (Å²) in [5.41, 5.74) is 2.60. The summed E-state index contributed by atoms with van der Waals surface area (Å²) in [5.74, 6) is 2.85. The van der Waals surface area contributed by atoms with Crippen molar-refractivity contribution in [3.8, 4) is 28.7 Å². The predicted octanol–water partition coefficient (Wildman–Crippen LogP) is 7.62. The fraction of sp³-hybridized carbons (Fsp3) is 0.567. The van der Waals surface area contributed by atoms with Gasteiger partial charge in [0.05, 0.1) is 47.3 Å². The molecule has 40 heavy (non-hydrogen) atoms. The molecule has 1 aliphatic rings. The van der Waals surface area contributed by atoms with Crippen molar-refractivity contribution in [2.75, 3.05) is 46.9 Å². The number of unbranched alkanes of at least 4 members (excludes halogenated alkanes) is 3. The van der Waals surface area contributed by atoms with E-state index in [9.17, 15) is 10.0 Å². The molecule has 2 aromatic carbocycles. The quantitative estimate of drug-likeness (QED) is 0.127. The van der Waals surface area contributed by atoms with Gasteiger partial charge in [0.25, 0.3) is 0 Å². The number of hydroxylamine groups is 2. The van der Waals surface area contributed by atoms with Crippen LogP contribution in [0, 0.1) is 0 Å². The maximum atomic E-state index is 12.9. The average Bonchev–Trinajstić information content (AvgIpc) is 3.47. The van der Waals surface area contributed by atoms with Crippen molar-refractivity contribution in [1.82, 2.24) is 5.06 Å². The first-order valence-corrected chi connectivity index (χ1v) is 14.9. The van der Waals surface area contributed by atoms with Gasteiger partial charge in [-0.15, -0.1) is 11.8 Å². The summed E-state index contributed by atoms with van der Waals surface area (Å²) < 4.78 is 28.3. The van der Waals surface area contributed by atoms with Crippen molar-refractivity contribution in [2.24, 2.45) is 0 Å². The molecule has 2 N–H and O–H groups in total. The summed E-state index contributed by atoms with van der Waals surface area (Å²) in [6, 6.07) is 7.34. The minimum Gasteiger partial charge on any atom is -0.493 e. The Hall–Kier alpha value is -2.98. The third kappa shape index (κ3) is 7.81. The van der Waals surface area contributed by atoms with Gasteiger partial charge in [0, 0.05) is 10.5 Å². The highest BCUT2D eigenvalue weighted by Gasteiger charge is 2.31. The standard InChI is InChI=1S/C30H44N2O7S/c1-7-9-10-11-14-32(34)30(33)31-22-16-20(17-23(35-3)28(22)39-15-8-2)26-12-13-27(40-26)21-18-24(36-4)29(38-6)25(19-21)37-5/h16-19,26-27,34H,7-15H2,1-6H3,(H,31,33). The molecule has 1 fully saturated rings. The van der Waals surface area contributed by atoms with E-state index in [0.717, 1.165) is 61.1 Å². The van der Waals surface area contributed by atoms with Gasteiger partial charge in [-0.3, -0.25) is 5.21 Å². The molecule has 2 aromatic rings. The highest BCUT2D eigenvalue weighted by atomic mass is 32.2. The number of rotatable bonds is 15. The number of methoxy groups -OCH3 is 4. The number of amides is 2. The molecule has 1 saturated heterocycles.